The minimum Gasteiger partial charge on any atom is -0.392 e. The van der Waals surface area contributed by atoms with Crippen molar-refractivity contribution < 1.29 is 14.3 Å². The number of hydrogen-bond donors (Lipinski definition) is 2. The number of aliphatic hydroxyl groups is 1. The molecule has 8 unspecified atom stereocenters. The van der Waals surface area contributed by atoms with Crippen molar-refractivity contribution in [1.82, 2.24) is 10.2 Å². The predicted molar refractivity (Wildman–Crippen MR) is 115 cm³/mol. The van der Waals surface area contributed by atoms with Crippen molar-refractivity contribution in [3.63, 3.8) is 0 Å². The quantitative estimate of drug-likeness (QED) is 0.788. The topological polar surface area (TPSA) is 52.6 Å². The zero-order valence-electron chi connectivity index (χ0n) is 17.5. The van der Waals surface area contributed by atoms with Crippen LogP contribution in [0.5, 0.6) is 0 Å². The lowest BCUT2D eigenvalue weighted by atomic mass is 9.60. The average Bonchev–Trinajstić information content (AvgIpc) is 3.12. The van der Waals surface area contributed by atoms with Crippen LogP contribution in [0.15, 0.2) is 29.7 Å². The maximum atomic E-state index is 15.1. The van der Waals surface area contributed by atoms with Gasteiger partial charge in [-0.25, -0.2) is 4.39 Å². The first kappa shape index (κ1) is 20.9. The van der Waals surface area contributed by atoms with Crippen LogP contribution in [0, 0.1) is 23.6 Å². The summed E-state index contributed by atoms with van der Waals surface area (Å²) in [6.45, 7) is 4.91. The molecule has 1 saturated heterocycles. The summed E-state index contributed by atoms with van der Waals surface area (Å²) in [5.74, 6) is 0.151. The van der Waals surface area contributed by atoms with E-state index >= 15 is 4.39 Å². The number of carbonyl (C=O) groups is 1. The van der Waals surface area contributed by atoms with Crippen molar-refractivity contribution in [1.29, 1.82) is 0 Å². The summed E-state index contributed by atoms with van der Waals surface area (Å²) >= 11 is 1.55. The van der Waals surface area contributed by atoms with Gasteiger partial charge >= 0.3 is 0 Å². The molecule has 1 amide bonds. The van der Waals surface area contributed by atoms with Crippen LogP contribution in [0.3, 0.4) is 0 Å². The van der Waals surface area contributed by atoms with Gasteiger partial charge in [0.05, 0.1) is 11.4 Å². The number of fused-ring (bicyclic) bond motifs is 3. The summed E-state index contributed by atoms with van der Waals surface area (Å²) in [5.41, 5.74) is 1.56. The largest absolute Gasteiger partial charge is 0.392 e. The van der Waals surface area contributed by atoms with E-state index in [4.69, 9.17) is 0 Å². The second-order valence-electron chi connectivity index (χ2n) is 9.32. The number of hydrogen-bond acceptors (Lipinski definition) is 4. The molecule has 1 aromatic rings. The highest BCUT2D eigenvalue weighted by molar-refractivity contribution is 8.03. The molecule has 6 heteroatoms. The molecule has 0 radical (unpaired) electrons. The van der Waals surface area contributed by atoms with Gasteiger partial charge in [0.1, 0.15) is 5.82 Å². The molecule has 2 fully saturated rings. The van der Waals surface area contributed by atoms with Crippen molar-refractivity contribution in [2.24, 2.45) is 17.8 Å². The fraction of sp³-hybridized carbons (Fsp3) is 0.609. The number of allylic oxidation sites excluding steroid dienone is 1. The van der Waals surface area contributed by atoms with Crippen LogP contribution in [0.2, 0.25) is 0 Å². The van der Waals surface area contributed by atoms with Gasteiger partial charge in [-0.15, -0.1) is 11.8 Å². The molecule has 2 heterocycles. The SMILES string of the molecule is CC(CN(C)C)c1ccc(C2C(O)CC(C)C3NC(=O)C4SC=CC4C32)cc1F. The summed E-state index contributed by atoms with van der Waals surface area (Å²) < 4.78 is 15.1. The molecule has 2 N–H and O–H groups in total. The van der Waals surface area contributed by atoms with Gasteiger partial charge in [-0.05, 0) is 60.9 Å². The number of aliphatic hydroxyl groups excluding tert-OH is 1. The number of carbonyl (C=O) groups excluding carboxylic acids is 1. The highest BCUT2D eigenvalue weighted by Crippen LogP contribution is 2.51. The van der Waals surface area contributed by atoms with Crippen LogP contribution in [0.4, 0.5) is 4.39 Å². The van der Waals surface area contributed by atoms with E-state index < -0.39 is 6.10 Å². The van der Waals surface area contributed by atoms with E-state index in [9.17, 15) is 9.90 Å². The Labute approximate surface area is 176 Å². The summed E-state index contributed by atoms with van der Waals surface area (Å²) in [5, 5.41) is 16.1. The van der Waals surface area contributed by atoms with Gasteiger partial charge in [0.25, 0.3) is 0 Å². The molecule has 1 aliphatic carbocycles. The number of amides is 1. The van der Waals surface area contributed by atoms with Crippen molar-refractivity contribution >= 4 is 17.7 Å². The first-order chi connectivity index (χ1) is 13.8. The second-order valence-corrected chi connectivity index (χ2v) is 10.4. The molecule has 158 valence electrons. The Morgan fingerprint density at radius 1 is 1.38 bits per heavy atom. The minimum absolute atomic E-state index is 0.0101. The third-order valence-electron chi connectivity index (χ3n) is 6.94. The second kappa shape index (κ2) is 8.05. The maximum absolute atomic E-state index is 15.1. The van der Waals surface area contributed by atoms with Gasteiger partial charge in [-0.1, -0.05) is 32.1 Å². The first-order valence-electron chi connectivity index (χ1n) is 10.5. The van der Waals surface area contributed by atoms with Crippen LogP contribution < -0.4 is 5.32 Å². The van der Waals surface area contributed by atoms with Gasteiger partial charge in [0.15, 0.2) is 0 Å². The monoisotopic (exact) mass is 418 g/mol. The van der Waals surface area contributed by atoms with Crippen LogP contribution in [0.25, 0.3) is 0 Å². The number of benzene rings is 1. The van der Waals surface area contributed by atoms with Crippen LogP contribution in [-0.4, -0.2) is 53.9 Å². The molecule has 4 nitrogen and oxygen atoms in total. The van der Waals surface area contributed by atoms with E-state index in [1.165, 1.54) is 0 Å². The molecule has 0 bridgehead atoms. The van der Waals surface area contributed by atoms with Crippen molar-refractivity contribution in [3.8, 4) is 0 Å². The summed E-state index contributed by atoms with van der Waals surface area (Å²) in [7, 11) is 3.98. The third-order valence-corrected chi connectivity index (χ3v) is 8.07. The first-order valence-corrected chi connectivity index (χ1v) is 11.5. The van der Waals surface area contributed by atoms with Gasteiger partial charge in [0, 0.05) is 24.4 Å². The summed E-state index contributed by atoms with van der Waals surface area (Å²) in [6, 6.07) is 5.51. The number of nitrogens with zero attached hydrogens (tertiary/aromatic N) is 1. The van der Waals surface area contributed by atoms with Crippen molar-refractivity contribution in [2.75, 3.05) is 20.6 Å². The highest BCUT2D eigenvalue weighted by Gasteiger charge is 2.53. The van der Waals surface area contributed by atoms with Gasteiger partial charge in [-0.2, -0.15) is 0 Å². The van der Waals surface area contributed by atoms with E-state index in [1.807, 2.05) is 38.6 Å². The molecule has 1 saturated carbocycles. The van der Waals surface area contributed by atoms with Crippen LogP contribution >= 0.6 is 11.8 Å². The molecule has 29 heavy (non-hydrogen) atoms. The van der Waals surface area contributed by atoms with Crippen LogP contribution in [-0.2, 0) is 4.79 Å². The van der Waals surface area contributed by atoms with Crippen LogP contribution in [0.1, 0.15) is 43.2 Å². The molecule has 0 spiro atoms. The number of halogens is 1. The number of thioether (sulfide) groups is 1. The lowest BCUT2D eigenvalue weighted by molar-refractivity contribution is -0.128. The summed E-state index contributed by atoms with van der Waals surface area (Å²) in [6.07, 6.45) is 2.19. The van der Waals surface area contributed by atoms with E-state index in [0.29, 0.717) is 12.0 Å². The Kier molecular flexibility index (Phi) is 5.79. The Balaban J connectivity index is 1.68. The van der Waals surface area contributed by atoms with Gasteiger partial charge in [0.2, 0.25) is 5.91 Å². The Hall–Kier alpha value is -1.37. The zero-order valence-corrected chi connectivity index (χ0v) is 18.3. The van der Waals surface area contributed by atoms with Gasteiger partial charge in [-0.3, -0.25) is 4.79 Å². The molecule has 3 aliphatic rings. The van der Waals surface area contributed by atoms with E-state index in [2.05, 4.69) is 23.2 Å². The normalized spacial score (nSPS) is 37.2. The molecular weight excluding hydrogens is 387 g/mol. The third kappa shape index (κ3) is 3.75. The van der Waals surface area contributed by atoms with Crippen molar-refractivity contribution in [2.45, 2.75) is 49.5 Å². The maximum Gasteiger partial charge on any atom is 0.234 e. The lowest BCUT2D eigenvalue weighted by Gasteiger charge is -2.51. The minimum atomic E-state index is -0.537. The number of piperidine rings is 1. The van der Waals surface area contributed by atoms with E-state index in [-0.39, 0.29) is 52.6 Å². The molecular formula is C23H31FN2O2S. The molecule has 0 aromatic heterocycles. The van der Waals surface area contributed by atoms with Gasteiger partial charge < -0.3 is 15.3 Å². The molecule has 8 atom stereocenters. The number of likely N-dealkylation sites (N-methyl/N-ethyl adjacent to an activating group) is 1. The van der Waals surface area contributed by atoms with E-state index in [0.717, 1.165) is 12.1 Å². The Morgan fingerprint density at radius 2 is 2.14 bits per heavy atom. The number of rotatable bonds is 4. The average molecular weight is 419 g/mol. The van der Waals surface area contributed by atoms with E-state index in [1.54, 1.807) is 17.8 Å². The smallest absolute Gasteiger partial charge is 0.234 e. The fourth-order valence-corrected chi connectivity index (χ4v) is 6.80. The lowest BCUT2D eigenvalue weighted by Crippen LogP contribution is -2.62. The Bertz CT molecular complexity index is 814. The fourth-order valence-electron chi connectivity index (χ4n) is 5.72. The molecule has 2 aliphatic heterocycles. The predicted octanol–water partition coefficient (Wildman–Crippen LogP) is 3.34. The van der Waals surface area contributed by atoms with Crippen molar-refractivity contribution in [3.05, 3.63) is 46.6 Å². The Morgan fingerprint density at radius 3 is 2.83 bits per heavy atom. The zero-order chi connectivity index (χ0) is 20.9. The summed E-state index contributed by atoms with van der Waals surface area (Å²) in [4.78, 5) is 14.6. The highest BCUT2D eigenvalue weighted by atomic mass is 32.2. The molecule has 1 aromatic carbocycles. The molecule has 4 rings (SSSR count). The standard InChI is InChI=1S/C23H31FN2O2S/c1-12-9-18(27)19(20-16-7-8-29-22(16)23(28)25-21(12)20)14-5-6-15(17(24)10-14)13(2)11-26(3)4/h5-8,10,12-13,16,18-22,27H,9,11H2,1-4H3,(H,25,28). The number of nitrogens with one attached hydrogen (secondary N) is 1.